The van der Waals surface area contributed by atoms with Gasteiger partial charge in [0, 0.05) is 31.0 Å². The largest absolute Gasteiger partial charge is 0.353 e. The maximum Gasteiger partial charge on any atom is 0.143 e. The fourth-order valence-electron chi connectivity index (χ4n) is 3.82. The van der Waals surface area contributed by atoms with E-state index in [0.717, 1.165) is 24.6 Å². The van der Waals surface area contributed by atoms with Crippen molar-refractivity contribution in [2.45, 2.75) is 44.6 Å². The zero-order valence-corrected chi connectivity index (χ0v) is 15.0. The van der Waals surface area contributed by atoms with Gasteiger partial charge in [-0.05, 0) is 44.1 Å². The van der Waals surface area contributed by atoms with Crippen molar-refractivity contribution in [1.82, 2.24) is 19.5 Å². The van der Waals surface area contributed by atoms with E-state index in [1.807, 2.05) is 10.8 Å². The average Bonchev–Trinajstić information content (AvgIpc) is 3.24. The quantitative estimate of drug-likeness (QED) is 0.675. The molecule has 2 aromatic heterocycles. The number of hydrogen-bond acceptors (Lipinski definition) is 4. The van der Waals surface area contributed by atoms with Crippen molar-refractivity contribution in [3.05, 3.63) is 67.0 Å². The highest BCUT2D eigenvalue weighted by molar-refractivity contribution is 5.44. The molecule has 3 aromatic rings. The van der Waals surface area contributed by atoms with Crippen molar-refractivity contribution in [3.63, 3.8) is 0 Å². The molecule has 0 saturated carbocycles. The Labute approximate surface area is 154 Å². The minimum atomic E-state index is 0.568. The number of benzene rings is 1. The van der Waals surface area contributed by atoms with E-state index in [1.165, 1.54) is 37.7 Å². The maximum absolute atomic E-state index is 4.57. The zero-order chi connectivity index (χ0) is 17.6. The summed E-state index contributed by atoms with van der Waals surface area (Å²) in [5, 5.41) is 0. The van der Waals surface area contributed by atoms with Crippen LogP contribution in [-0.2, 0) is 6.42 Å². The second-order valence-corrected chi connectivity index (χ2v) is 6.93. The number of imidazole rings is 1. The predicted octanol–water partition coefficient (Wildman–Crippen LogP) is 4.04. The first-order chi connectivity index (χ1) is 12.9. The summed E-state index contributed by atoms with van der Waals surface area (Å²) in [4.78, 5) is 15.6. The molecule has 1 aromatic carbocycles. The van der Waals surface area contributed by atoms with Crippen LogP contribution in [0.15, 0.2) is 61.4 Å². The lowest BCUT2D eigenvalue weighted by Gasteiger charge is -2.37. The standard InChI is InChI=1S/C21H25N5/c1-2-7-18(8-3-1)9-6-11-19-10-4-5-13-26(19)21-15-20(23-16-24-21)25-14-12-22-17-25/h1-3,7-8,12,14-17,19H,4-6,9-11,13H2/t19-/m0/s1. The van der Waals surface area contributed by atoms with Crippen LogP contribution in [0.25, 0.3) is 5.82 Å². The van der Waals surface area contributed by atoms with E-state index in [-0.39, 0.29) is 0 Å². The van der Waals surface area contributed by atoms with Crippen molar-refractivity contribution >= 4 is 5.82 Å². The van der Waals surface area contributed by atoms with E-state index >= 15 is 0 Å². The number of aromatic nitrogens is 4. The highest BCUT2D eigenvalue weighted by Gasteiger charge is 2.23. The second-order valence-electron chi connectivity index (χ2n) is 6.93. The van der Waals surface area contributed by atoms with Crippen LogP contribution in [-0.4, -0.2) is 32.1 Å². The number of hydrogen-bond donors (Lipinski definition) is 0. The molecule has 0 bridgehead atoms. The molecule has 0 unspecified atom stereocenters. The van der Waals surface area contributed by atoms with Gasteiger partial charge in [-0.2, -0.15) is 0 Å². The van der Waals surface area contributed by atoms with Crippen LogP contribution in [0, 0.1) is 0 Å². The van der Waals surface area contributed by atoms with Crippen LogP contribution < -0.4 is 4.90 Å². The van der Waals surface area contributed by atoms with Gasteiger partial charge in [0.1, 0.15) is 24.3 Å². The van der Waals surface area contributed by atoms with Crippen LogP contribution in [0.3, 0.4) is 0 Å². The lowest BCUT2D eigenvalue weighted by molar-refractivity contribution is 0.426. The first kappa shape index (κ1) is 16.8. The van der Waals surface area contributed by atoms with Crippen molar-refractivity contribution in [3.8, 4) is 5.82 Å². The van der Waals surface area contributed by atoms with Crippen molar-refractivity contribution in [1.29, 1.82) is 0 Å². The summed E-state index contributed by atoms with van der Waals surface area (Å²) in [7, 11) is 0. The molecule has 0 aliphatic carbocycles. The molecule has 3 heterocycles. The summed E-state index contributed by atoms with van der Waals surface area (Å²) < 4.78 is 1.93. The third-order valence-electron chi connectivity index (χ3n) is 5.17. The van der Waals surface area contributed by atoms with Gasteiger partial charge in [0.15, 0.2) is 0 Å². The maximum atomic E-state index is 4.57. The first-order valence-electron chi connectivity index (χ1n) is 9.51. The summed E-state index contributed by atoms with van der Waals surface area (Å²) in [6, 6.07) is 13.4. The highest BCUT2D eigenvalue weighted by atomic mass is 15.2. The van der Waals surface area contributed by atoms with Crippen LogP contribution in [0.4, 0.5) is 5.82 Å². The van der Waals surface area contributed by atoms with E-state index in [9.17, 15) is 0 Å². The molecule has 0 amide bonds. The van der Waals surface area contributed by atoms with Gasteiger partial charge in [0.2, 0.25) is 0 Å². The van der Waals surface area contributed by atoms with Gasteiger partial charge >= 0.3 is 0 Å². The monoisotopic (exact) mass is 347 g/mol. The molecule has 0 spiro atoms. The van der Waals surface area contributed by atoms with Crippen molar-refractivity contribution in [2.24, 2.45) is 0 Å². The normalized spacial score (nSPS) is 17.4. The Kier molecular flexibility index (Phi) is 5.24. The fourth-order valence-corrected chi connectivity index (χ4v) is 3.82. The van der Waals surface area contributed by atoms with Gasteiger partial charge < -0.3 is 4.90 Å². The molecule has 4 rings (SSSR count). The molecular weight excluding hydrogens is 322 g/mol. The van der Waals surface area contributed by atoms with Crippen molar-refractivity contribution in [2.75, 3.05) is 11.4 Å². The molecule has 5 heteroatoms. The van der Waals surface area contributed by atoms with E-state index in [1.54, 1.807) is 18.9 Å². The predicted molar refractivity (Wildman–Crippen MR) is 104 cm³/mol. The number of nitrogens with zero attached hydrogens (tertiary/aromatic N) is 5. The Bertz CT molecular complexity index is 800. The van der Waals surface area contributed by atoms with Gasteiger partial charge in [-0.3, -0.25) is 4.57 Å². The average molecular weight is 347 g/mol. The molecule has 1 aliphatic heterocycles. The molecule has 5 nitrogen and oxygen atoms in total. The van der Waals surface area contributed by atoms with Crippen LogP contribution in [0.2, 0.25) is 0 Å². The molecule has 1 atom stereocenters. The van der Waals surface area contributed by atoms with Crippen LogP contribution >= 0.6 is 0 Å². The number of piperidine rings is 1. The third kappa shape index (κ3) is 3.93. The van der Waals surface area contributed by atoms with E-state index in [0.29, 0.717) is 6.04 Å². The third-order valence-corrected chi connectivity index (χ3v) is 5.17. The molecule has 0 radical (unpaired) electrons. The Morgan fingerprint density at radius 1 is 1.04 bits per heavy atom. The molecule has 0 N–H and O–H groups in total. The lowest BCUT2D eigenvalue weighted by atomic mass is 9.96. The van der Waals surface area contributed by atoms with E-state index in [4.69, 9.17) is 0 Å². The smallest absolute Gasteiger partial charge is 0.143 e. The molecule has 134 valence electrons. The topological polar surface area (TPSA) is 46.8 Å². The summed E-state index contributed by atoms with van der Waals surface area (Å²) >= 11 is 0. The molecule has 1 aliphatic rings. The minimum Gasteiger partial charge on any atom is -0.353 e. The van der Waals surface area contributed by atoms with Crippen LogP contribution in [0.5, 0.6) is 0 Å². The SMILES string of the molecule is c1ccc(CCC[C@@H]2CCCCN2c2cc(-n3ccnc3)ncn2)cc1. The summed E-state index contributed by atoms with van der Waals surface area (Å²) in [6.45, 7) is 1.08. The zero-order valence-electron chi connectivity index (χ0n) is 15.0. The minimum absolute atomic E-state index is 0.568. The van der Waals surface area contributed by atoms with Gasteiger partial charge in [0.05, 0.1) is 0 Å². The van der Waals surface area contributed by atoms with Gasteiger partial charge in [0.25, 0.3) is 0 Å². The highest BCUT2D eigenvalue weighted by Crippen LogP contribution is 2.27. The Morgan fingerprint density at radius 3 is 2.77 bits per heavy atom. The van der Waals surface area contributed by atoms with E-state index in [2.05, 4.69) is 56.3 Å². The summed E-state index contributed by atoms with van der Waals surface area (Å²) in [6.07, 6.45) is 14.5. The number of rotatable bonds is 6. The Hall–Kier alpha value is -2.69. The summed E-state index contributed by atoms with van der Waals surface area (Å²) in [5.74, 6) is 1.91. The number of aryl methyl sites for hydroxylation is 1. The Balaban J connectivity index is 1.44. The molecule has 1 fully saturated rings. The molecular formula is C21H25N5. The molecule has 1 saturated heterocycles. The van der Waals surface area contributed by atoms with Crippen molar-refractivity contribution < 1.29 is 0 Å². The van der Waals surface area contributed by atoms with E-state index < -0.39 is 0 Å². The van der Waals surface area contributed by atoms with Gasteiger partial charge in [-0.1, -0.05) is 30.3 Å². The van der Waals surface area contributed by atoms with Gasteiger partial charge in [-0.15, -0.1) is 0 Å². The Morgan fingerprint density at radius 2 is 1.92 bits per heavy atom. The first-order valence-corrected chi connectivity index (χ1v) is 9.51. The van der Waals surface area contributed by atoms with Gasteiger partial charge in [-0.25, -0.2) is 15.0 Å². The van der Waals surface area contributed by atoms with Crippen LogP contribution in [0.1, 0.15) is 37.7 Å². The summed E-state index contributed by atoms with van der Waals surface area (Å²) in [5.41, 5.74) is 1.43. The number of anilines is 1. The molecule has 26 heavy (non-hydrogen) atoms. The fraction of sp³-hybridized carbons (Fsp3) is 0.381. The lowest BCUT2D eigenvalue weighted by Crippen LogP contribution is -2.40. The second kappa shape index (κ2) is 8.13.